The zero-order valence-electron chi connectivity index (χ0n) is 14.6. The number of fused-ring (bicyclic) bond motifs is 3. The van der Waals surface area contributed by atoms with Crippen molar-refractivity contribution in [1.82, 2.24) is 0 Å². The number of benzene rings is 3. The second-order valence-electron chi connectivity index (χ2n) is 6.56. The summed E-state index contributed by atoms with van der Waals surface area (Å²) in [6, 6.07) is 18.3. The Morgan fingerprint density at radius 2 is 1.81 bits per heavy atom. The summed E-state index contributed by atoms with van der Waals surface area (Å²) in [5, 5.41) is 5.25. The van der Waals surface area contributed by atoms with Crippen LogP contribution in [0.5, 0.6) is 5.75 Å². The van der Waals surface area contributed by atoms with Gasteiger partial charge in [-0.25, -0.2) is 0 Å². The van der Waals surface area contributed by atoms with Crippen molar-refractivity contribution in [2.75, 3.05) is 11.9 Å². The van der Waals surface area contributed by atoms with Gasteiger partial charge in [0.1, 0.15) is 5.75 Å². The van der Waals surface area contributed by atoms with Crippen LogP contribution in [0.25, 0.3) is 10.8 Å². The average Bonchev–Trinajstić information content (AvgIpc) is 2.67. The minimum absolute atomic E-state index is 0.0206. The van der Waals surface area contributed by atoms with Gasteiger partial charge in [0, 0.05) is 27.8 Å². The molecule has 3 aromatic carbocycles. The summed E-state index contributed by atoms with van der Waals surface area (Å²) in [6.07, 6.45) is 1.37. The Labute approximate surface area is 161 Å². The van der Waals surface area contributed by atoms with Gasteiger partial charge in [-0.2, -0.15) is 0 Å². The highest BCUT2D eigenvalue weighted by Gasteiger charge is 2.30. The Morgan fingerprint density at radius 3 is 2.62 bits per heavy atom. The predicted molar refractivity (Wildman–Crippen MR) is 109 cm³/mol. The van der Waals surface area contributed by atoms with Crippen molar-refractivity contribution in [2.24, 2.45) is 0 Å². The Bertz CT molecular complexity index is 983. The zero-order valence-corrected chi connectivity index (χ0v) is 16.2. The summed E-state index contributed by atoms with van der Waals surface area (Å²) >= 11 is 3.71. The lowest BCUT2D eigenvalue weighted by molar-refractivity contribution is -0.116. The number of ether oxygens (including phenoxy) is 1. The maximum Gasteiger partial charge on any atom is 0.225 e. The molecule has 1 heterocycles. The van der Waals surface area contributed by atoms with Gasteiger partial charge in [0.2, 0.25) is 5.91 Å². The molecule has 0 unspecified atom stereocenters. The number of nitrogens with one attached hydrogen (secondary N) is 1. The standard InChI is InChI=1S/C22H20BrNO2/c1-2-11-26-20-10-6-5-8-15(20)17-13-21(25)24-22-16-9-4-3-7-14(16)19(23)12-18(17)22/h3-10,12,17H,2,11,13H2,1H3,(H,24,25)/t17-/m1/s1. The van der Waals surface area contributed by atoms with Gasteiger partial charge in [0.25, 0.3) is 0 Å². The van der Waals surface area contributed by atoms with Crippen LogP contribution < -0.4 is 10.1 Å². The first-order chi connectivity index (χ1) is 12.7. The summed E-state index contributed by atoms with van der Waals surface area (Å²) in [4.78, 5) is 12.5. The predicted octanol–water partition coefficient (Wildman–Crippen LogP) is 5.87. The largest absolute Gasteiger partial charge is 0.493 e. The van der Waals surface area contributed by atoms with Crippen LogP contribution in [0.15, 0.2) is 59.1 Å². The normalized spacial score (nSPS) is 16.2. The molecule has 4 heteroatoms. The summed E-state index contributed by atoms with van der Waals surface area (Å²) in [7, 11) is 0. The molecule has 1 aliphatic rings. The van der Waals surface area contributed by atoms with Crippen LogP contribution in [0, 0.1) is 0 Å². The Morgan fingerprint density at radius 1 is 1.08 bits per heavy atom. The van der Waals surface area contributed by atoms with E-state index in [9.17, 15) is 4.79 Å². The second kappa shape index (κ2) is 7.12. The van der Waals surface area contributed by atoms with Gasteiger partial charge in [-0.3, -0.25) is 4.79 Å². The van der Waals surface area contributed by atoms with Crippen LogP contribution in [-0.2, 0) is 4.79 Å². The Kier molecular flexibility index (Phi) is 4.68. The van der Waals surface area contributed by atoms with Gasteiger partial charge in [-0.15, -0.1) is 0 Å². The zero-order chi connectivity index (χ0) is 18.1. The number of rotatable bonds is 4. The van der Waals surface area contributed by atoms with E-state index in [1.807, 2.05) is 30.3 Å². The van der Waals surface area contributed by atoms with Crippen molar-refractivity contribution in [1.29, 1.82) is 0 Å². The minimum atomic E-state index is -0.0206. The van der Waals surface area contributed by atoms with Crippen molar-refractivity contribution in [3.63, 3.8) is 0 Å². The molecule has 0 spiro atoms. The minimum Gasteiger partial charge on any atom is -0.493 e. The van der Waals surface area contributed by atoms with E-state index in [0.29, 0.717) is 13.0 Å². The first-order valence-corrected chi connectivity index (χ1v) is 9.71. The fourth-order valence-electron chi connectivity index (χ4n) is 3.64. The number of amides is 1. The smallest absolute Gasteiger partial charge is 0.225 e. The van der Waals surface area contributed by atoms with Crippen LogP contribution in [0.3, 0.4) is 0 Å². The molecule has 1 atom stereocenters. The third kappa shape index (κ3) is 2.99. The van der Waals surface area contributed by atoms with Crippen molar-refractivity contribution in [2.45, 2.75) is 25.7 Å². The van der Waals surface area contributed by atoms with Crippen molar-refractivity contribution < 1.29 is 9.53 Å². The van der Waals surface area contributed by atoms with E-state index in [1.165, 1.54) is 0 Å². The van der Waals surface area contributed by atoms with Gasteiger partial charge >= 0.3 is 0 Å². The lowest BCUT2D eigenvalue weighted by Gasteiger charge is -2.29. The maximum absolute atomic E-state index is 12.5. The summed E-state index contributed by atoms with van der Waals surface area (Å²) in [5.41, 5.74) is 3.11. The van der Waals surface area contributed by atoms with Crippen molar-refractivity contribution >= 4 is 38.3 Å². The van der Waals surface area contributed by atoms with Gasteiger partial charge < -0.3 is 10.1 Å². The number of carbonyl (C=O) groups excluding carboxylic acids is 1. The van der Waals surface area contributed by atoms with Crippen LogP contribution in [0.1, 0.15) is 36.8 Å². The molecular weight excluding hydrogens is 390 g/mol. The molecule has 0 aromatic heterocycles. The SMILES string of the molecule is CCCOc1ccccc1[C@H]1CC(=O)Nc2c1cc(Br)c1ccccc21. The van der Waals surface area contributed by atoms with E-state index >= 15 is 0 Å². The molecule has 4 rings (SSSR count). The molecule has 0 aliphatic carbocycles. The molecule has 0 saturated carbocycles. The fourth-order valence-corrected chi connectivity index (χ4v) is 4.23. The van der Waals surface area contributed by atoms with Crippen LogP contribution >= 0.6 is 15.9 Å². The van der Waals surface area contributed by atoms with Gasteiger partial charge in [0.05, 0.1) is 12.3 Å². The third-order valence-electron chi connectivity index (χ3n) is 4.81. The van der Waals surface area contributed by atoms with Gasteiger partial charge in [-0.1, -0.05) is 65.3 Å². The number of hydrogen-bond acceptors (Lipinski definition) is 2. The van der Waals surface area contributed by atoms with E-state index in [4.69, 9.17) is 4.74 Å². The lowest BCUT2D eigenvalue weighted by Crippen LogP contribution is -2.24. The summed E-state index contributed by atoms with van der Waals surface area (Å²) in [6.45, 7) is 2.76. The quantitative estimate of drug-likeness (QED) is 0.585. The van der Waals surface area contributed by atoms with Crippen molar-refractivity contribution in [3.05, 3.63) is 70.2 Å². The number of halogens is 1. The molecule has 26 heavy (non-hydrogen) atoms. The molecule has 0 radical (unpaired) electrons. The molecule has 1 amide bonds. The lowest BCUT2D eigenvalue weighted by atomic mass is 9.83. The second-order valence-corrected chi connectivity index (χ2v) is 7.41. The molecular formula is C22H20BrNO2. The molecule has 3 nitrogen and oxygen atoms in total. The molecule has 1 N–H and O–H groups in total. The van der Waals surface area contributed by atoms with Gasteiger partial charge in [0.15, 0.2) is 0 Å². The maximum atomic E-state index is 12.5. The summed E-state index contributed by atoms with van der Waals surface area (Å²) < 4.78 is 7.01. The topological polar surface area (TPSA) is 38.3 Å². The molecule has 1 aliphatic heterocycles. The summed E-state index contributed by atoms with van der Waals surface area (Å²) in [5.74, 6) is 0.886. The average molecular weight is 410 g/mol. The molecule has 132 valence electrons. The van der Waals surface area contributed by atoms with Crippen molar-refractivity contribution in [3.8, 4) is 5.75 Å². The Balaban J connectivity index is 1.90. The van der Waals surface area contributed by atoms with E-state index in [-0.39, 0.29) is 11.8 Å². The fraction of sp³-hybridized carbons (Fsp3) is 0.227. The van der Waals surface area contributed by atoms with Gasteiger partial charge in [-0.05, 0) is 29.5 Å². The monoisotopic (exact) mass is 409 g/mol. The number of anilines is 1. The molecule has 0 saturated heterocycles. The van der Waals surface area contributed by atoms with E-state index in [0.717, 1.165) is 44.2 Å². The number of hydrogen-bond donors (Lipinski definition) is 1. The highest BCUT2D eigenvalue weighted by atomic mass is 79.9. The van der Waals surface area contributed by atoms with E-state index in [1.54, 1.807) is 0 Å². The Hall–Kier alpha value is -2.33. The third-order valence-corrected chi connectivity index (χ3v) is 5.47. The van der Waals surface area contributed by atoms with E-state index in [2.05, 4.69) is 52.4 Å². The highest BCUT2D eigenvalue weighted by Crippen LogP contribution is 2.45. The number of para-hydroxylation sites is 1. The highest BCUT2D eigenvalue weighted by molar-refractivity contribution is 9.10. The van der Waals surface area contributed by atoms with Crippen LogP contribution in [-0.4, -0.2) is 12.5 Å². The molecule has 0 fully saturated rings. The van der Waals surface area contributed by atoms with Crippen LogP contribution in [0.2, 0.25) is 0 Å². The van der Waals surface area contributed by atoms with E-state index < -0.39 is 0 Å². The molecule has 3 aromatic rings. The number of carbonyl (C=O) groups is 1. The first-order valence-electron chi connectivity index (χ1n) is 8.91. The molecule has 0 bridgehead atoms. The first kappa shape index (κ1) is 17.1. The van der Waals surface area contributed by atoms with Crippen LogP contribution in [0.4, 0.5) is 5.69 Å².